The van der Waals surface area contributed by atoms with E-state index in [9.17, 15) is 28.4 Å². The van der Waals surface area contributed by atoms with Gasteiger partial charge in [-0.25, -0.2) is 4.39 Å². The molecule has 5 aromatic rings. The van der Waals surface area contributed by atoms with E-state index >= 15 is 0 Å². The van der Waals surface area contributed by atoms with Crippen LogP contribution in [-0.2, 0) is 9.47 Å². The van der Waals surface area contributed by atoms with Gasteiger partial charge in [-0.1, -0.05) is 0 Å². The molecule has 9 rings (SSSR count). The average molecular weight is 975 g/mol. The molecule has 0 spiro atoms. The van der Waals surface area contributed by atoms with Gasteiger partial charge in [0.25, 0.3) is 29.5 Å². The minimum absolute atomic E-state index is 0.0416. The molecule has 3 aromatic carbocycles. The smallest absolute Gasteiger partial charge is 0.273 e. The number of primary amides is 2. The molecule has 24 heteroatoms. The third-order valence-electron chi connectivity index (χ3n) is 12.1. The van der Waals surface area contributed by atoms with E-state index in [2.05, 4.69) is 46.3 Å². The summed E-state index contributed by atoms with van der Waals surface area (Å²) in [6.45, 7) is 6.81. The lowest BCUT2D eigenvalue weighted by atomic mass is 10.1. The first kappa shape index (κ1) is 49.5. The molecule has 0 unspecified atom stereocenters. The summed E-state index contributed by atoms with van der Waals surface area (Å²) in [4.78, 5) is 78.1. The molecule has 4 aliphatic heterocycles. The van der Waals surface area contributed by atoms with Gasteiger partial charge in [0.15, 0.2) is 23.0 Å². The van der Waals surface area contributed by atoms with Crippen molar-refractivity contribution in [3.8, 4) is 0 Å². The summed E-state index contributed by atoms with van der Waals surface area (Å²) in [6.07, 6.45) is 3.39. The Morgan fingerprint density at radius 2 is 1.00 bits per heavy atom. The molecule has 0 aliphatic carbocycles. The fraction of sp³-hybridized carbons (Fsp3) is 0.383. The monoisotopic (exact) mass is 974 g/mol. The maximum absolute atomic E-state index is 13.2. The van der Waals surface area contributed by atoms with Crippen LogP contribution in [0.25, 0.3) is 0 Å². The molecule has 2 atom stereocenters. The molecule has 4 saturated heterocycles. The lowest BCUT2D eigenvalue weighted by molar-refractivity contribution is 0.0301. The molecule has 23 nitrogen and oxygen atoms in total. The quantitative estimate of drug-likeness (QED) is 0.104. The van der Waals surface area contributed by atoms with Gasteiger partial charge >= 0.3 is 0 Å². The minimum atomic E-state index is -0.795. The van der Waals surface area contributed by atoms with Crippen LogP contribution in [0.5, 0.6) is 0 Å². The van der Waals surface area contributed by atoms with E-state index in [-0.39, 0.29) is 58.8 Å². The number of nitrogens with two attached hydrogens (primary N) is 3. The highest BCUT2D eigenvalue weighted by Gasteiger charge is 2.27. The van der Waals surface area contributed by atoms with Gasteiger partial charge in [-0.15, -0.1) is 20.4 Å². The fourth-order valence-corrected chi connectivity index (χ4v) is 8.31. The standard InChI is InChI=1S/C27H29FN8O4.C20H26N8O3/c28-19-7-3-17(4-8-19)25(38)31-21-2-1-11-36(16-21)27-32-24(22(23(29)37)33-34-27)30-20-9-5-18(6-10-20)26(39)35-12-14-40-15-13-35;21-14-2-1-7-28(12-14)20-24-18(16(17(22)29)25-26-20)23-15-5-3-13(4-6-15)19(30)27-8-10-31-11-9-27/h3-10,21H,1-2,11-16H2,(H2,29,37)(H,31,38)(H,30,32,34);3-6,14H,1-2,7-12,21H2,(H2,22,29)(H,23,24,26)/t21-;14-/m11/s1. The van der Waals surface area contributed by atoms with Gasteiger partial charge in [-0.3, -0.25) is 24.0 Å². The number of ether oxygens (including phenoxy) is 2. The summed E-state index contributed by atoms with van der Waals surface area (Å²) in [5.41, 5.74) is 19.5. The van der Waals surface area contributed by atoms with E-state index < -0.39 is 17.6 Å². The van der Waals surface area contributed by atoms with E-state index in [1.165, 1.54) is 24.3 Å². The van der Waals surface area contributed by atoms with Crippen LogP contribution in [0.4, 0.5) is 39.3 Å². The molecular formula is C47H55FN16O7. The molecule has 2 aromatic heterocycles. The van der Waals surface area contributed by atoms with Gasteiger partial charge in [0, 0.05) is 92.5 Å². The van der Waals surface area contributed by atoms with Gasteiger partial charge < -0.3 is 62.2 Å². The second-order valence-electron chi connectivity index (χ2n) is 17.2. The summed E-state index contributed by atoms with van der Waals surface area (Å²) >= 11 is 0. The predicted molar refractivity (Wildman–Crippen MR) is 258 cm³/mol. The van der Waals surface area contributed by atoms with Crippen molar-refractivity contribution in [1.29, 1.82) is 0 Å². The summed E-state index contributed by atoms with van der Waals surface area (Å²) < 4.78 is 23.8. The van der Waals surface area contributed by atoms with Gasteiger partial charge in [0.2, 0.25) is 11.9 Å². The molecule has 0 saturated carbocycles. The third kappa shape index (κ3) is 12.8. The Morgan fingerprint density at radius 1 is 0.563 bits per heavy atom. The number of piperidine rings is 2. The highest BCUT2D eigenvalue weighted by Crippen LogP contribution is 2.25. The molecule has 4 fully saturated rings. The van der Waals surface area contributed by atoms with Crippen molar-refractivity contribution in [2.75, 3.05) is 99.2 Å². The lowest BCUT2D eigenvalue weighted by Crippen LogP contribution is -2.48. The van der Waals surface area contributed by atoms with Crippen LogP contribution in [0.3, 0.4) is 0 Å². The Labute approximate surface area is 407 Å². The van der Waals surface area contributed by atoms with E-state index in [0.29, 0.717) is 106 Å². The number of hydrogen-bond acceptors (Lipinski definition) is 18. The second-order valence-corrected chi connectivity index (χ2v) is 17.2. The number of aromatic nitrogens is 6. The van der Waals surface area contributed by atoms with Crippen molar-refractivity contribution in [3.63, 3.8) is 0 Å². The van der Waals surface area contributed by atoms with Crippen molar-refractivity contribution in [3.05, 3.63) is 107 Å². The number of amides is 5. The minimum Gasteiger partial charge on any atom is -0.378 e. The SMILES string of the molecule is NC(=O)c1nnc(N2CCC[C@@H](N)C2)nc1Nc1ccc(C(=O)N2CCOCC2)cc1.NC(=O)c1nnc(N2CCC[C@@H](NC(=O)c3ccc(F)cc3)C2)nc1Nc1ccc(C(=O)N2CCOCC2)cc1. The fourth-order valence-electron chi connectivity index (χ4n) is 8.31. The highest BCUT2D eigenvalue weighted by atomic mass is 19.1. The van der Waals surface area contributed by atoms with Crippen LogP contribution in [-0.4, -0.2) is 161 Å². The van der Waals surface area contributed by atoms with Crippen molar-refractivity contribution in [1.82, 2.24) is 45.5 Å². The van der Waals surface area contributed by atoms with Crippen molar-refractivity contribution in [2.45, 2.75) is 37.8 Å². The molecule has 9 N–H and O–H groups in total. The summed E-state index contributed by atoms with van der Waals surface area (Å²) in [7, 11) is 0. The normalized spacial score (nSPS) is 18.1. The number of anilines is 6. The maximum atomic E-state index is 13.2. The van der Waals surface area contributed by atoms with Crippen LogP contribution >= 0.6 is 0 Å². The lowest BCUT2D eigenvalue weighted by Gasteiger charge is -2.33. The highest BCUT2D eigenvalue weighted by molar-refractivity contribution is 5.98. The average Bonchev–Trinajstić information content (AvgIpc) is 3.39. The number of rotatable bonds is 12. The van der Waals surface area contributed by atoms with Crippen LogP contribution < -0.4 is 43.0 Å². The topological polar surface area (TPSA) is 308 Å². The molecule has 0 bridgehead atoms. The molecule has 372 valence electrons. The van der Waals surface area contributed by atoms with Gasteiger partial charge in [-0.05, 0) is 98.5 Å². The molecule has 71 heavy (non-hydrogen) atoms. The zero-order chi connectivity index (χ0) is 49.9. The van der Waals surface area contributed by atoms with Crippen LogP contribution in [0.1, 0.15) is 77.7 Å². The van der Waals surface area contributed by atoms with Crippen LogP contribution in [0, 0.1) is 5.82 Å². The van der Waals surface area contributed by atoms with Gasteiger partial charge in [-0.2, -0.15) is 9.97 Å². The number of benzene rings is 3. The van der Waals surface area contributed by atoms with Crippen molar-refractivity contribution >= 4 is 64.4 Å². The van der Waals surface area contributed by atoms with Crippen LogP contribution in [0.15, 0.2) is 72.8 Å². The van der Waals surface area contributed by atoms with E-state index in [1.807, 2.05) is 9.80 Å². The Morgan fingerprint density at radius 3 is 1.45 bits per heavy atom. The summed E-state index contributed by atoms with van der Waals surface area (Å²) in [6, 6.07) is 19.0. The number of carbonyl (C=O) groups excluding carboxylic acids is 5. The number of nitrogens with one attached hydrogen (secondary N) is 3. The first-order chi connectivity index (χ1) is 34.4. The van der Waals surface area contributed by atoms with Gasteiger partial charge in [0.1, 0.15) is 5.82 Å². The zero-order valence-corrected chi connectivity index (χ0v) is 38.8. The molecule has 0 radical (unpaired) electrons. The van der Waals surface area contributed by atoms with Crippen LogP contribution in [0.2, 0.25) is 0 Å². The van der Waals surface area contributed by atoms with E-state index in [1.54, 1.807) is 58.3 Å². The number of hydrogen-bond donors (Lipinski definition) is 6. The Balaban J connectivity index is 0.000000197. The third-order valence-corrected chi connectivity index (χ3v) is 12.1. The van der Waals surface area contributed by atoms with E-state index in [0.717, 1.165) is 32.2 Å². The van der Waals surface area contributed by atoms with Crippen molar-refractivity contribution in [2.24, 2.45) is 17.2 Å². The van der Waals surface area contributed by atoms with Gasteiger partial charge in [0.05, 0.1) is 26.4 Å². The molecular weight excluding hydrogens is 920 g/mol. The number of nitrogens with zero attached hydrogens (tertiary/aromatic N) is 10. The summed E-state index contributed by atoms with van der Waals surface area (Å²) in [5.74, 6) is -1.36. The number of morpholine rings is 2. The predicted octanol–water partition coefficient (Wildman–Crippen LogP) is 1.84. The number of halogens is 1. The summed E-state index contributed by atoms with van der Waals surface area (Å²) in [5, 5.41) is 25.3. The van der Waals surface area contributed by atoms with E-state index in [4.69, 9.17) is 26.7 Å². The Bertz CT molecular complexity index is 2690. The Hall–Kier alpha value is -7.96. The molecule has 6 heterocycles. The number of carbonyl (C=O) groups is 5. The second kappa shape index (κ2) is 23.1. The zero-order valence-electron chi connectivity index (χ0n) is 38.8. The molecule has 5 amide bonds. The Kier molecular flexibility index (Phi) is 16.1. The molecule has 4 aliphatic rings. The largest absolute Gasteiger partial charge is 0.378 e. The maximum Gasteiger partial charge on any atom is 0.273 e. The first-order valence-electron chi connectivity index (χ1n) is 23.3. The van der Waals surface area contributed by atoms with Crippen molar-refractivity contribution < 1.29 is 37.8 Å². The first-order valence-corrected chi connectivity index (χ1v) is 23.3.